The summed E-state index contributed by atoms with van der Waals surface area (Å²) in [6.07, 6.45) is -4.86. The van der Waals surface area contributed by atoms with Crippen LogP contribution >= 0.6 is 0 Å². The smallest absolute Gasteiger partial charge is 0.318 e. The zero-order valence-corrected chi connectivity index (χ0v) is 13.0. The van der Waals surface area contributed by atoms with Crippen molar-refractivity contribution in [1.82, 2.24) is 4.57 Å². The molecule has 1 aromatic carbocycles. The SMILES string of the molecule is Cc1cc(C(=O)C(F)(F)F)c(C)n1-c1ccc(C(C)C)cc1. The maximum absolute atomic E-state index is 12.6. The molecular weight excluding hydrogens is 291 g/mol. The Balaban J connectivity index is 2.49. The van der Waals surface area contributed by atoms with Gasteiger partial charge in [-0.25, -0.2) is 0 Å². The standard InChI is InChI=1S/C17H18F3NO/c1-10(2)13-5-7-14(8-6-13)21-11(3)9-15(12(21)4)16(22)17(18,19)20/h5-10H,1-4H3. The normalized spacial score (nSPS) is 12.0. The second kappa shape index (κ2) is 5.63. The van der Waals surface area contributed by atoms with E-state index < -0.39 is 12.0 Å². The Kier molecular flexibility index (Phi) is 4.18. The summed E-state index contributed by atoms with van der Waals surface area (Å²) in [6.45, 7) is 7.36. The van der Waals surface area contributed by atoms with Gasteiger partial charge < -0.3 is 4.57 Å². The number of aryl methyl sites for hydroxylation is 1. The molecule has 1 aromatic heterocycles. The van der Waals surface area contributed by atoms with Crippen LogP contribution in [0.1, 0.15) is 47.1 Å². The summed E-state index contributed by atoms with van der Waals surface area (Å²) in [4.78, 5) is 11.5. The largest absolute Gasteiger partial charge is 0.454 e. The predicted molar refractivity (Wildman–Crippen MR) is 79.7 cm³/mol. The highest BCUT2D eigenvalue weighted by molar-refractivity contribution is 6.01. The topological polar surface area (TPSA) is 22.0 Å². The Morgan fingerprint density at radius 2 is 1.64 bits per heavy atom. The van der Waals surface area contributed by atoms with Crippen molar-refractivity contribution in [1.29, 1.82) is 0 Å². The Hall–Kier alpha value is -2.04. The van der Waals surface area contributed by atoms with Gasteiger partial charge in [-0.05, 0) is 43.5 Å². The molecule has 0 aliphatic carbocycles. The van der Waals surface area contributed by atoms with Crippen LogP contribution in [-0.4, -0.2) is 16.5 Å². The van der Waals surface area contributed by atoms with Gasteiger partial charge in [0, 0.05) is 22.6 Å². The van der Waals surface area contributed by atoms with E-state index in [4.69, 9.17) is 0 Å². The average molecular weight is 309 g/mol. The molecule has 2 nitrogen and oxygen atoms in total. The summed E-state index contributed by atoms with van der Waals surface area (Å²) in [5.41, 5.74) is 2.51. The Bertz CT molecular complexity index is 694. The van der Waals surface area contributed by atoms with Crippen molar-refractivity contribution < 1.29 is 18.0 Å². The zero-order chi connectivity index (χ0) is 16.7. The summed E-state index contributed by atoms with van der Waals surface area (Å²) in [5, 5.41) is 0. The van der Waals surface area contributed by atoms with Crippen molar-refractivity contribution in [3.05, 3.63) is 52.8 Å². The van der Waals surface area contributed by atoms with Gasteiger partial charge in [-0.15, -0.1) is 0 Å². The van der Waals surface area contributed by atoms with Gasteiger partial charge in [-0.2, -0.15) is 13.2 Å². The van der Waals surface area contributed by atoms with Crippen LogP contribution in [0.25, 0.3) is 5.69 Å². The molecule has 0 bridgehead atoms. The van der Waals surface area contributed by atoms with Crippen LogP contribution in [0, 0.1) is 13.8 Å². The van der Waals surface area contributed by atoms with Gasteiger partial charge in [0.15, 0.2) is 0 Å². The first-order chi connectivity index (χ1) is 10.1. The zero-order valence-electron chi connectivity index (χ0n) is 13.0. The molecule has 118 valence electrons. The van der Waals surface area contributed by atoms with Crippen LogP contribution in [0.3, 0.4) is 0 Å². The van der Waals surface area contributed by atoms with Crippen LogP contribution in [0.5, 0.6) is 0 Å². The van der Waals surface area contributed by atoms with Crippen LogP contribution in [0.4, 0.5) is 13.2 Å². The molecule has 0 radical (unpaired) electrons. The number of benzene rings is 1. The van der Waals surface area contributed by atoms with Crippen molar-refractivity contribution in [2.45, 2.75) is 39.8 Å². The highest BCUT2D eigenvalue weighted by Gasteiger charge is 2.41. The van der Waals surface area contributed by atoms with Crippen LogP contribution < -0.4 is 0 Å². The summed E-state index contributed by atoms with van der Waals surface area (Å²) >= 11 is 0. The fraction of sp³-hybridized carbons (Fsp3) is 0.353. The molecule has 22 heavy (non-hydrogen) atoms. The van der Waals surface area contributed by atoms with Gasteiger partial charge in [0.1, 0.15) is 0 Å². The Labute approximate surface area is 127 Å². The minimum atomic E-state index is -4.86. The third kappa shape index (κ3) is 2.93. The van der Waals surface area contributed by atoms with E-state index in [0.29, 0.717) is 17.3 Å². The highest BCUT2D eigenvalue weighted by atomic mass is 19.4. The van der Waals surface area contributed by atoms with E-state index in [2.05, 4.69) is 13.8 Å². The fourth-order valence-corrected chi connectivity index (χ4v) is 2.55. The number of hydrogen-bond acceptors (Lipinski definition) is 1. The van der Waals surface area contributed by atoms with E-state index in [1.54, 1.807) is 11.5 Å². The molecule has 2 rings (SSSR count). The van der Waals surface area contributed by atoms with Gasteiger partial charge in [-0.3, -0.25) is 4.79 Å². The number of carbonyl (C=O) groups is 1. The third-order valence-corrected chi connectivity index (χ3v) is 3.75. The molecular formula is C17H18F3NO. The first kappa shape index (κ1) is 16.3. The number of nitrogens with zero attached hydrogens (tertiary/aromatic N) is 1. The Morgan fingerprint density at radius 1 is 1.09 bits per heavy atom. The molecule has 0 spiro atoms. The number of carbonyl (C=O) groups excluding carboxylic acids is 1. The van der Waals surface area contributed by atoms with E-state index in [1.165, 1.54) is 13.0 Å². The summed E-state index contributed by atoms with van der Waals surface area (Å²) in [6, 6.07) is 8.91. The first-order valence-corrected chi connectivity index (χ1v) is 7.03. The molecule has 0 aliphatic rings. The van der Waals surface area contributed by atoms with E-state index in [0.717, 1.165) is 11.3 Å². The summed E-state index contributed by atoms with van der Waals surface area (Å²) in [5.74, 6) is -1.42. The van der Waals surface area contributed by atoms with Gasteiger partial charge in [0.25, 0.3) is 5.78 Å². The molecule has 0 atom stereocenters. The van der Waals surface area contributed by atoms with Gasteiger partial charge in [-0.1, -0.05) is 26.0 Å². The molecule has 1 heterocycles. The van der Waals surface area contributed by atoms with Crippen molar-refractivity contribution >= 4 is 5.78 Å². The van der Waals surface area contributed by atoms with Gasteiger partial charge >= 0.3 is 6.18 Å². The average Bonchev–Trinajstić information content (AvgIpc) is 2.72. The summed E-state index contributed by atoms with van der Waals surface area (Å²) < 4.78 is 39.6. The van der Waals surface area contributed by atoms with E-state index >= 15 is 0 Å². The number of halogens is 3. The lowest BCUT2D eigenvalue weighted by Gasteiger charge is -2.12. The van der Waals surface area contributed by atoms with Crippen molar-refractivity contribution in [2.75, 3.05) is 0 Å². The van der Waals surface area contributed by atoms with Crippen molar-refractivity contribution in [3.63, 3.8) is 0 Å². The number of hydrogen-bond donors (Lipinski definition) is 0. The van der Waals surface area contributed by atoms with E-state index in [-0.39, 0.29) is 5.56 Å². The number of rotatable bonds is 3. The minimum Gasteiger partial charge on any atom is -0.318 e. The quantitative estimate of drug-likeness (QED) is 0.734. The van der Waals surface area contributed by atoms with Crippen LogP contribution in [0.15, 0.2) is 30.3 Å². The minimum absolute atomic E-state index is 0.294. The maximum atomic E-state index is 12.6. The number of Topliss-reactive ketones (excluding diaryl/α,β-unsaturated/α-hetero) is 1. The maximum Gasteiger partial charge on any atom is 0.454 e. The lowest BCUT2D eigenvalue weighted by atomic mass is 10.0. The molecule has 0 N–H and O–H groups in total. The first-order valence-electron chi connectivity index (χ1n) is 7.03. The van der Waals surface area contributed by atoms with E-state index in [1.807, 2.05) is 24.3 Å². The molecule has 0 aliphatic heterocycles. The summed E-state index contributed by atoms with van der Waals surface area (Å²) in [7, 11) is 0. The second-order valence-corrected chi connectivity index (χ2v) is 5.69. The van der Waals surface area contributed by atoms with E-state index in [9.17, 15) is 18.0 Å². The lowest BCUT2D eigenvalue weighted by molar-refractivity contribution is -0.0885. The van der Waals surface area contributed by atoms with Crippen LogP contribution in [-0.2, 0) is 0 Å². The monoisotopic (exact) mass is 309 g/mol. The molecule has 0 fully saturated rings. The fourth-order valence-electron chi connectivity index (χ4n) is 2.55. The number of ketones is 1. The molecule has 0 amide bonds. The lowest BCUT2D eigenvalue weighted by Crippen LogP contribution is -2.23. The van der Waals surface area contributed by atoms with Gasteiger partial charge in [0.2, 0.25) is 0 Å². The number of alkyl halides is 3. The predicted octanol–water partition coefficient (Wildman–Crippen LogP) is 4.96. The Morgan fingerprint density at radius 3 is 2.09 bits per heavy atom. The number of aromatic nitrogens is 1. The third-order valence-electron chi connectivity index (χ3n) is 3.75. The molecule has 0 saturated carbocycles. The highest BCUT2D eigenvalue weighted by Crippen LogP contribution is 2.28. The van der Waals surface area contributed by atoms with Crippen molar-refractivity contribution in [2.24, 2.45) is 0 Å². The van der Waals surface area contributed by atoms with Crippen LogP contribution in [0.2, 0.25) is 0 Å². The molecule has 0 unspecified atom stereocenters. The molecule has 2 aromatic rings. The molecule has 5 heteroatoms. The van der Waals surface area contributed by atoms with Crippen molar-refractivity contribution in [3.8, 4) is 5.69 Å². The van der Waals surface area contributed by atoms with Gasteiger partial charge in [0.05, 0.1) is 0 Å². The molecule has 0 saturated heterocycles. The second-order valence-electron chi connectivity index (χ2n) is 5.69.